The van der Waals surface area contributed by atoms with Crippen LogP contribution >= 0.6 is 46.6 Å². The van der Waals surface area contributed by atoms with Crippen LogP contribution in [0.25, 0.3) is 6.08 Å². The van der Waals surface area contributed by atoms with Crippen LogP contribution in [-0.4, -0.2) is 16.0 Å². The molecular formula is C24H16Cl3N3O4S. The van der Waals surface area contributed by atoms with Crippen molar-refractivity contribution in [3.63, 3.8) is 0 Å². The number of hydrogen-bond acceptors (Lipinski definition) is 6. The summed E-state index contributed by atoms with van der Waals surface area (Å²) in [6.07, 6.45) is 1.66. The van der Waals surface area contributed by atoms with Crippen molar-refractivity contribution in [3.8, 4) is 5.75 Å². The number of carbonyl (C=O) groups is 1. The molecule has 0 aliphatic carbocycles. The fourth-order valence-corrected chi connectivity index (χ4v) is 4.75. The van der Waals surface area contributed by atoms with E-state index in [1.54, 1.807) is 42.5 Å². The molecule has 1 N–H and O–H groups in total. The van der Waals surface area contributed by atoms with Gasteiger partial charge in [-0.1, -0.05) is 40.9 Å². The number of aliphatic imine (C=N–C) groups is 1. The van der Waals surface area contributed by atoms with E-state index in [9.17, 15) is 14.9 Å². The maximum absolute atomic E-state index is 12.5. The molecule has 1 saturated heterocycles. The fraction of sp³-hybridized carbons (Fsp3) is 0.0833. The van der Waals surface area contributed by atoms with Crippen LogP contribution in [0.15, 0.2) is 64.5 Å². The second-order valence-electron chi connectivity index (χ2n) is 7.39. The van der Waals surface area contributed by atoms with Gasteiger partial charge in [0, 0.05) is 17.2 Å². The normalized spacial score (nSPS) is 15.5. The maximum Gasteiger partial charge on any atom is 0.269 e. The Bertz CT molecular complexity index is 1370. The number of thioether (sulfide) groups is 1. The molecule has 0 radical (unpaired) electrons. The van der Waals surface area contributed by atoms with Crippen LogP contribution < -0.4 is 10.1 Å². The molecule has 11 heteroatoms. The van der Waals surface area contributed by atoms with E-state index in [-0.39, 0.29) is 34.0 Å². The van der Waals surface area contributed by atoms with Crippen LogP contribution in [0.3, 0.4) is 0 Å². The standard InChI is InChI=1S/C24H16Cl3N3O4S/c1-13-17(25)3-2-4-20(13)28-24-29-23(31)21(35-24)11-15-9-18(26)22(19(27)10-15)34-12-14-5-7-16(8-6-14)30(32)33/h2-11H,12H2,1H3,(H,28,29,31)/b21-11+. The van der Waals surface area contributed by atoms with Crippen LogP contribution in [-0.2, 0) is 11.4 Å². The zero-order chi connectivity index (χ0) is 25.1. The summed E-state index contributed by atoms with van der Waals surface area (Å²) in [7, 11) is 0. The van der Waals surface area contributed by atoms with E-state index in [4.69, 9.17) is 39.5 Å². The first-order chi connectivity index (χ1) is 16.7. The van der Waals surface area contributed by atoms with E-state index in [2.05, 4.69) is 10.3 Å². The van der Waals surface area contributed by atoms with Gasteiger partial charge in [0.2, 0.25) is 0 Å². The van der Waals surface area contributed by atoms with Crippen LogP contribution in [0.4, 0.5) is 11.4 Å². The average Bonchev–Trinajstić information content (AvgIpc) is 3.15. The van der Waals surface area contributed by atoms with E-state index >= 15 is 0 Å². The first-order valence-electron chi connectivity index (χ1n) is 10.1. The summed E-state index contributed by atoms with van der Waals surface area (Å²) in [6.45, 7) is 1.98. The Balaban J connectivity index is 1.49. The number of nitro groups is 1. The first-order valence-corrected chi connectivity index (χ1v) is 12.1. The van der Waals surface area contributed by atoms with Crippen molar-refractivity contribution < 1.29 is 14.5 Å². The van der Waals surface area contributed by atoms with Gasteiger partial charge in [-0.05, 0) is 77.9 Å². The quantitative estimate of drug-likeness (QED) is 0.198. The Labute approximate surface area is 219 Å². The third-order valence-electron chi connectivity index (χ3n) is 4.96. The van der Waals surface area contributed by atoms with E-state index in [1.807, 2.05) is 13.0 Å². The average molecular weight is 549 g/mol. The minimum absolute atomic E-state index is 0.00747. The topological polar surface area (TPSA) is 93.8 Å². The molecule has 178 valence electrons. The minimum atomic E-state index is -0.471. The van der Waals surface area contributed by atoms with E-state index in [0.29, 0.717) is 26.3 Å². The third-order valence-corrected chi connectivity index (χ3v) is 6.84. The van der Waals surface area contributed by atoms with Gasteiger partial charge in [0.05, 0.1) is 25.6 Å². The predicted octanol–water partition coefficient (Wildman–Crippen LogP) is 7.33. The number of nitrogens with zero attached hydrogens (tertiary/aromatic N) is 2. The van der Waals surface area contributed by atoms with Crippen LogP contribution in [0.5, 0.6) is 5.75 Å². The number of benzene rings is 3. The molecule has 1 amide bonds. The van der Waals surface area contributed by atoms with Gasteiger partial charge < -0.3 is 10.1 Å². The number of nitro benzene ring substituents is 1. The molecule has 35 heavy (non-hydrogen) atoms. The highest BCUT2D eigenvalue weighted by molar-refractivity contribution is 8.18. The van der Waals surface area contributed by atoms with Crippen molar-refractivity contribution in [1.29, 1.82) is 0 Å². The number of ether oxygens (including phenoxy) is 1. The molecule has 0 aromatic heterocycles. The lowest BCUT2D eigenvalue weighted by Crippen LogP contribution is -2.19. The molecule has 1 fully saturated rings. The number of non-ortho nitro benzene ring substituents is 1. The lowest BCUT2D eigenvalue weighted by molar-refractivity contribution is -0.384. The zero-order valence-corrected chi connectivity index (χ0v) is 21.1. The van der Waals surface area contributed by atoms with Crippen molar-refractivity contribution >= 4 is 75.1 Å². The van der Waals surface area contributed by atoms with Crippen LogP contribution in [0, 0.1) is 17.0 Å². The van der Waals surface area contributed by atoms with Gasteiger partial charge in [-0.25, -0.2) is 4.99 Å². The van der Waals surface area contributed by atoms with Gasteiger partial charge in [-0.3, -0.25) is 14.9 Å². The number of hydrogen-bond donors (Lipinski definition) is 1. The summed E-state index contributed by atoms with van der Waals surface area (Å²) in [4.78, 5) is 27.7. The summed E-state index contributed by atoms with van der Waals surface area (Å²) in [5, 5.41) is 15.1. The van der Waals surface area contributed by atoms with E-state index < -0.39 is 4.92 Å². The molecule has 3 aromatic rings. The highest BCUT2D eigenvalue weighted by Gasteiger charge is 2.24. The van der Waals surface area contributed by atoms with E-state index in [0.717, 1.165) is 11.1 Å². The van der Waals surface area contributed by atoms with Gasteiger partial charge in [0.15, 0.2) is 10.9 Å². The summed E-state index contributed by atoms with van der Waals surface area (Å²) in [5.74, 6) is -0.0183. The highest BCUT2D eigenvalue weighted by Crippen LogP contribution is 2.37. The van der Waals surface area contributed by atoms with Crippen LogP contribution in [0.2, 0.25) is 15.1 Å². The van der Waals surface area contributed by atoms with Gasteiger partial charge >= 0.3 is 0 Å². The van der Waals surface area contributed by atoms with Gasteiger partial charge in [-0.15, -0.1) is 0 Å². The smallest absolute Gasteiger partial charge is 0.269 e. The maximum atomic E-state index is 12.5. The number of amides is 1. The second kappa shape index (κ2) is 10.7. The molecule has 7 nitrogen and oxygen atoms in total. The Morgan fingerprint density at radius 3 is 2.43 bits per heavy atom. The molecule has 0 atom stereocenters. The number of nitrogens with one attached hydrogen (secondary N) is 1. The molecular weight excluding hydrogens is 533 g/mol. The molecule has 0 spiro atoms. The Hall–Kier alpha value is -3.04. The number of rotatable bonds is 6. The number of halogens is 3. The van der Waals surface area contributed by atoms with E-state index in [1.165, 1.54) is 23.9 Å². The van der Waals surface area contributed by atoms with Crippen molar-refractivity contribution in [3.05, 3.63) is 101 Å². The number of amidine groups is 1. The Morgan fingerprint density at radius 1 is 1.09 bits per heavy atom. The summed E-state index contributed by atoms with van der Waals surface area (Å²) in [5.41, 5.74) is 2.81. The third kappa shape index (κ3) is 5.97. The van der Waals surface area contributed by atoms with Gasteiger partial charge in [0.25, 0.3) is 11.6 Å². The monoisotopic (exact) mass is 547 g/mol. The van der Waals surface area contributed by atoms with Crippen molar-refractivity contribution in [2.24, 2.45) is 4.99 Å². The molecule has 4 rings (SSSR count). The Morgan fingerprint density at radius 2 is 1.77 bits per heavy atom. The summed E-state index contributed by atoms with van der Waals surface area (Å²) < 4.78 is 5.74. The van der Waals surface area contributed by atoms with Crippen molar-refractivity contribution in [2.75, 3.05) is 0 Å². The number of carbonyl (C=O) groups excluding carboxylic acids is 1. The Kier molecular flexibility index (Phi) is 7.66. The molecule has 3 aromatic carbocycles. The first kappa shape index (κ1) is 25.1. The lowest BCUT2D eigenvalue weighted by Gasteiger charge is -2.11. The molecule has 0 saturated carbocycles. The van der Waals surface area contributed by atoms with Gasteiger partial charge in [-0.2, -0.15) is 0 Å². The molecule has 1 aliphatic rings. The molecule has 0 unspecified atom stereocenters. The van der Waals surface area contributed by atoms with Crippen LogP contribution in [0.1, 0.15) is 16.7 Å². The SMILES string of the molecule is Cc1c(Cl)cccc1N=C1NC(=O)/C(=C\c2cc(Cl)c(OCc3ccc([N+](=O)[O-])cc3)c(Cl)c2)S1. The second-order valence-corrected chi connectivity index (χ2v) is 9.64. The minimum Gasteiger partial charge on any atom is -0.486 e. The van der Waals surface area contributed by atoms with Crippen molar-refractivity contribution in [1.82, 2.24) is 5.32 Å². The summed E-state index contributed by atoms with van der Waals surface area (Å²) in [6, 6.07) is 14.6. The van der Waals surface area contributed by atoms with Gasteiger partial charge in [0.1, 0.15) is 6.61 Å². The molecule has 1 heterocycles. The van der Waals surface area contributed by atoms with Crippen molar-refractivity contribution in [2.45, 2.75) is 13.5 Å². The lowest BCUT2D eigenvalue weighted by atomic mass is 10.2. The highest BCUT2D eigenvalue weighted by atomic mass is 35.5. The molecule has 1 aliphatic heterocycles. The molecule has 0 bridgehead atoms. The zero-order valence-electron chi connectivity index (χ0n) is 18.1. The summed E-state index contributed by atoms with van der Waals surface area (Å²) >= 11 is 20.1. The fourth-order valence-electron chi connectivity index (χ4n) is 3.13. The predicted molar refractivity (Wildman–Crippen MR) is 141 cm³/mol. The largest absolute Gasteiger partial charge is 0.486 e.